The zero-order valence-corrected chi connectivity index (χ0v) is 15.1. The number of Topliss-reactive ketones (excluding diaryl/α,β-unsaturated/α-hetero) is 1. The molecule has 0 saturated heterocycles. The highest BCUT2D eigenvalue weighted by Gasteiger charge is 2.46. The fourth-order valence-corrected chi connectivity index (χ4v) is 4.15. The van der Waals surface area contributed by atoms with Crippen molar-refractivity contribution in [3.8, 4) is 0 Å². The summed E-state index contributed by atoms with van der Waals surface area (Å²) in [4.78, 5) is 13.8. The van der Waals surface area contributed by atoms with E-state index in [9.17, 15) is 4.79 Å². The van der Waals surface area contributed by atoms with Crippen LogP contribution < -0.4 is 0 Å². The lowest BCUT2D eigenvalue weighted by atomic mass is 9.82. The SMILES string of the molecule is O=C1C(c2ccccc2)=C(c2ccco2)C(c2ccco2)C1c1ccccc1. The number of benzene rings is 2. The van der Waals surface area contributed by atoms with Gasteiger partial charge in [0, 0.05) is 11.1 Å². The van der Waals surface area contributed by atoms with Gasteiger partial charge in [-0.25, -0.2) is 0 Å². The minimum atomic E-state index is -0.359. The lowest BCUT2D eigenvalue weighted by molar-refractivity contribution is -0.114. The van der Waals surface area contributed by atoms with Crippen LogP contribution in [0.15, 0.2) is 106 Å². The number of carbonyl (C=O) groups excluding carboxylic acids is 1. The molecule has 28 heavy (non-hydrogen) atoms. The van der Waals surface area contributed by atoms with Gasteiger partial charge in [0.2, 0.25) is 0 Å². The third kappa shape index (κ3) is 2.64. The second kappa shape index (κ2) is 6.86. The maximum absolute atomic E-state index is 13.8. The summed E-state index contributed by atoms with van der Waals surface area (Å²) in [5, 5.41) is 0. The van der Waals surface area contributed by atoms with E-state index in [-0.39, 0.29) is 17.6 Å². The van der Waals surface area contributed by atoms with Crippen LogP contribution in [0.2, 0.25) is 0 Å². The molecule has 4 aromatic rings. The summed E-state index contributed by atoms with van der Waals surface area (Å²) in [6.45, 7) is 0. The van der Waals surface area contributed by atoms with E-state index in [1.54, 1.807) is 12.5 Å². The Hall–Kier alpha value is -3.59. The molecule has 3 nitrogen and oxygen atoms in total. The maximum atomic E-state index is 13.8. The van der Waals surface area contributed by atoms with E-state index in [1.165, 1.54) is 0 Å². The maximum Gasteiger partial charge on any atom is 0.172 e. The number of rotatable bonds is 4. The number of carbonyl (C=O) groups is 1. The van der Waals surface area contributed by atoms with Gasteiger partial charge < -0.3 is 8.83 Å². The first kappa shape index (κ1) is 16.6. The normalized spacial score (nSPS) is 19.4. The van der Waals surface area contributed by atoms with Crippen LogP contribution in [0, 0.1) is 0 Å². The van der Waals surface area contributed by atoms with E-state index >= 15 is 0 Å². The fourth-order valence-electron chi connectivity index (χ4n) is 4.15. The van der Waals surface area contributed by atoms with Crippen molar-refractivity contribution >= 4 is 16.9 Å². The van der Waals surface area contributed by atoms with Crippen LogP contribution in [0.1, 0.15) is 34.5 Å². The van der Waals surface area contributed by atoms with E-state index in [4.69, 9.17) is 8.83 Å². The average Bonchev–Trinajstić information content (AvgIpc) is 3.49. The molecular formula is C25H18O3. The lowest BCUT2D eigenvalue weighted by Gasteiger charge is -2.19. The largest absolute Gasteiger partial charge is 0.469 e. The number of hydrogen-bond acceptors (Lipinski definition) is 3. The molecule has 0 amide bonds. The molecule has 0 aliphatic heterocycles. The molecule has 2 aromatic carbocycles. The van der Waals surface area contributed by atoms with Crippen molar-refractivity contribution in [1.82, 2.24) is 0 Å². The molecule has 1 aliphatic carbocycles. The van der Waals surface area contributed by atoms with Gasteiger partial charge in [0.15, 0.2) is 5.78 Å². The molecular weight excluding hydrogens is 348 g/mol. The Morgan fingerprint density at radius 3 is 1.96 bits per heavy atom. The van der Waals surface area contributed by atoms with Crippen LogP contribution in [0.3, 0.4) is 0 Å². The Balaban J connectivity index is 1.79. The van der Waals surface area contributed by atoms with Crippen molar-refractivity contribution in [2.75, 3.05) is 0 Å². The van der Waals surface area contributed by atoms with Gasteiger partial charge in [-0.15, -0.1) is 0 Å². The van der Waals surface area contributed by atoms with Gasteiger partial charge in [-0.3, -0.25) is 4.79 Å². The van der Waals surface area contributed by atoms with Gasteiger partial charge in [-0.2, -0.15) is 0 Å². The molecule has 2 atom stereocenters. The first-order chi connectivity index (χ1) is 13.8. The quantitative estimate of drug-likeness (QED) is 0.449. The fraction of sp³-hybridized carbons (Fsp3) is 0.0800. The van der Waals surface area contributed by atoms with E-state index in [0.717, 1.165) is 22.5 Å². The summed E-state index contributed by atoms with van der Waals surface area (Å²) >= 11 is 0. The molecule has 0 spiro atoms. The predicted octanol–water partition coefficient (Wildman–Crippen LogP) is 5.93. The average molecular weight is 366 g/mol. The van der Waals surface area contributed by atoms with Crippen molar-refractivity contribution in [1.29, 1.82) is 0 Å². The second-order valence-electron chi connectivity index (χ2n) is 6.88. The topological polar surface area (TPSA) is 43.4 Å². The van der Waals surface area contributed by atoms with Crippen molar-refractivity contribution in [3.63, 3.8) is 0 Å². The molecule has 2 unspecified atom stereocenters. The van der Waals surface area contributed by atoms with Gasteiger partial charge in [-0.05, 0) is 35.4 Å². The number of furan rings is 2. The van der Waals surface area contributed by atoms with Crippen LogP contribution in [0.25, 0.3) is 11.1 Å². The van der Waals surface area contributed by atoms with E-state index in [2.05, 4.69) is 0 Å². The minimum absolute atomic E-state index is 0.0881. The van der Waals surface area contributed by atoms with Crippen LogP contribution in [0.4, 0.5) is 0 Å². The molecule has 136 valence electrons. The van der Waals surface area contributed by atoms with Gasteiger partial charge in [-0.1, -0.05) is 60.7 Å². The molecule has 3 heteroatoms. The van der Waals surface area contributed by atoms with Gasteiger partial charge >= 0.3 is 0 Å². The monoisotopic (exact) mass is 366 g/mol. The Morgan fingerprint density at radius 1 is 0.643 bits per heavy atom. The Kier molecular flexibility index (Phi) is 4.06. The summed E-state index contributed by atoms with van der Waals surface area (Å²) in [5.74, 6) is 0.950. The molecule has 0 N–H and O–H groups in total. The first-order valence-electron chi connectivity index (χ1n) is 9.30. The zero-order chi connectivity index (χ0) is 18.9. The van der Waals surface area contributed by atoms with Crippen LogP contribution in [-0.2, 0) is 4.79 Å². The highest BCUT2D eigenvalue weighted by Crippen LogP contribution is 2.54. The second-order valence-corrected chi connectivity index (χ2v) is 6.88. The molecule has 0 fully saturated rings. The van der Waals surface area contributed by atoms with Crippen molar-refractivity contribution < 1.29 is 13.6 Å². The highest BCUT2D eigenvalue weighted by atomic mass is 16.3. The zero-order valence-electron chi connectivity index (χ0n) is 15.1. The Bertz CT molecular complexity index is 1110. The number of hydrogen-bond donors (Lipinski definition) is 0. The summed E-state index contributed by atoms with van der Waals surface area (Å²) in [5.41, 5.74) is 3.45. The summed E-state index contributed by atoms with van der Waals surface area (Å²) in [6, 6.07) is 27.3. The third-order valence-corrected chi connectivity index (χ3v) is 5.30. The standard InChI is InChI=1S/C25H18O3/c26-25-21(17-9-3-1-4-10-17)23(19-13-7-15-27-19)24(20-14-8-16-28-20)22(25)18-11-5-2-6-12-18/h1-16,21,23H. The van der Waals surface area contributed by atoms with Crippen LogP contribution >= 0.6 is 0 Å². The summed E-state index contributed by atoms with van der Waals surface area (Å²) < 4.78 is 11.6. The van der Waals surface area contributed by atoms with Crippen LogP contribution in [-0.4, -0.2) is 5.78 Å². The molecule has 1 aliphatic rings. The smallest absolute Gasteiger partial charge is 0.172 e. The molecule has 5 rings (SSSR count). The van der Waals surface area contributed by atoms with Gasteiger partial charge in [0.05, 0.1) is 24.4 Å². The Labute approximate surface area is 162 Å². The molecule has 0 radical (unpaired) electrons. The Morgan fingerprint density at radius 2 is 1.32 bits per heavy atom. The summed E-state index contributed by atoms with van der Waals surface area (Å²) in [6.07, 6.45) is 3.30. The van der Waals surface area contributed by atoms with Crippen molar-refractivity contribution in [3.05, 3.63) is 120 Å². The molecule has 0 bridgehead atoms. The number of allylic oxidation sites excluding steroid dienone is 2. The molecule has 2 aromatic heterocycles. The van der Waals surface area contributed by atoms with E-state index < -0.39 is 0 Å². The summed E-state index contributed by atoms with van der Waals surface area (Å²) in [7, 11) is 0. The third-order valence-electron chi connectivity index (χ3n) is 5.30. The van der Waals surface area contributed by atoms with Gasteiger partial charge in [0.25, 0.3) is 0 Å². The minimum Gasteiger partial charge on any atom is -0.469 e. The van der Waals surface area contributed by atoms with E-state index in [1.807, 2.05) is 84.9 Å². The van der Waals surface area contributed by atoms with Crippen molar-refractivity contribution in [2.45, 2.75) is 11.8 Å². The number of ketones is 1. The van der Waals surface area contributed by atoms with Crippen LogP contribution in [0.5, 0.6) is 0 Å². The highest BCUT2D eigenvalue weighted by molar-refractivity contribution is 6.34. The van der Waals surface area contributed by atoms with E-state index in [0.29, 0.717) is 11.3 Å². The first-order valence-corrected chi connectivity index (χ1v) is 9.30. The van der Waals surface area contributed by atoms with Crippen molar-refractivity contribution in [2.24, 2.45) is 0 Å². The lowest BCUT2D eigenvalue weighted by Crippen LogP contribution is -2.14. The molecule has 2 heterocycles. The molecule has 0 saturated carbocycles. The van der Waals surface area contributed by atoms with Gasteiger partial charge in [0.1, 0.15) is 11.5 Å². The predicted molar refractivity (Wildman–Crippen MR) is 108 cm³/mol.